The zero-order chi connectivity index (χ0) is 16.9. The lowest BCUT2D eigenvalue weighted by Gasteiger charge is -2.35. The largest absolute Gasteiger partial charge is 0.370 e. The normalized spacial score (nSPS) is 15.2. The van der Waals surface area contributed by atoms with Crippen molar-refractivity contribution in [3.8, 4) is 0 Å². The van der Waals surface area contributed by atoms with Crippen LogP contribution in [0.3, 0.4) is 0 Å². The van der Waals surface area contributed by atoms with Crippen LogP contribution in [0.1, 0.15) is 16.7 Å². The Morgan fingerprint density at radius 2 is 1.88 bits per heavy atom. The van der Waals surface area contributed by atoms with Gasteiger partial charge in [-0.05, 0) is 37.0 Å². The number of hydrogen-bond acceptors (Lipinski definition) is 4. The standard InChI is InChI=1S/C18H25N5S.HI/c1-14-4-3-5-15(2)16(14)6-7-20-17(19)22-9-11-23(12-10-22)18-21-8-13-24-18;/h3-5,8,13H,6-7,9-12H2,1-2H3,(H2,19,20);1H. The van der Waals surface area contributed by atoms with Gasteiger partial charge >= 0.3 is 0 Å². The van der Waals surface area contributed by atoms with Gasteiger partial charge in [0.25, 0.3) is 0 Å². The van der Waals surface area contributed by atoms with Gasteiger partial charge in [-0.2, -0.15) is 0 Å². The lowest BCUT2D eigenvalue weighted by Crippen LogP contribution is -2.51. The number of aromatic nitrogens is 1. The van der Waals surface area contributed by atoms with Gasteiger partial charge in [-0.3, -0.25) is 4.99 Å². The summed E-state index contributed by atoms with van der Waals surface area (Å²) < 4.78 is 0. The van der Waals surface area contributed by atoms with Crippen molar-refractivity contribution in [3.05, 3.63) is 46.5 Å². The molecule has 0 aliphatic carbocycles. The summed E-state index contributed by atoms with van der Waals surface area (Å²) in [6, 6.07) is 6.42. The second kappa shape index (κ2) is 9.38. The number of nitrogens with zero attached hydrogens (tertiary/aromatic N) is 4. The number of thiazole rings is 1. The van der Waals surface area contributed by atoms with E-state index in [9.17, 15) is 0 Å². The topological polar surface area (TPSA) is 57.8 Å². The molecular weight excluding hydrogens is 445 g/mol. The van der Waals surface area contributed by atoms with Crippen LogP contribution in [-0.4, -0.2) is 48.6 Å². The average molecular weight is 471 g/mol. The van der Waals surface area contributed by atoms with Crippen molar-refractivity contribution in [2.24, 2.45) is 10.7 Å². The molecule has 2 N–H and O–H groups in total. The van der Waals surface area contributed by atoms with Crippen molar-refractivity contribution >= 4 is 46.4 Å². The predicted octanol–water partition coefficient (Wildman–Crippen LogP) is 3.06. The highest BCUT2D eigenvalue weighted by molar-refractivity contribution is 14.0. The second-order valence-electron chi connectivity index (χ2n) is 6.15. The van der Waals surface area contributed by atoms with Gasteiger partial charge in [-0.15, -0.1) is 35.3 Å². The van der Waals surface area contributed by atoms with Crippen molar-refractivity contribution in [2.45, 2.75) is 20.3 Å². The molecule has 0 radical (unpaired) electrons. The molecule has 1 aliphatic heterocycles. The summed E-state index contributed by atoms with van der Waals surface area (Å²) in [6.07, 6.45) is 2.80. The molecule has 5 nitrogen and oxygen atoms in total. The molecule has 7 heteroatoms. The molecule has 0 atom stereocenters. The Balaban J connectivity index is 0.00000225. The molecule has 0 saturated carbocycles. The second-order valence-corrected chi connectivity index (χ2v) is 7.02. The van der Waals surface area contributed by atoms with E-state index in [2.05, 4.69) is 51.8 Å². The SMILES string of the molecule is Cc1cccc(C)c1CCN=C(N)N1CCN(c2nccs2)CC1.I. The molecular formula is C18H26IN5S. The van der Waals surface area contributed by atoms with Gasteiger partial charge in [-0.1, -0.05) is 18.2 Å². The highest BCUT2D eigenvalue weighted by Crippen LogP contribution is 2.19. The molecule has 0 unspecified atom stereocenters. The Morgan fingerprint density at radius 3 is 2.48 bits per heavy atom. The fraction of sp³-hybridized carbons (Fsp3) is 0.444. The third-order valence-electron chi connectivity index (χ3n) is 4.57. The maximum absolute atomic E-state index is 6.20. The van der Waals surface area contributed by atoms with Gasteiger partial charge in [0.2, 0.25) is 0 Å². The molecule has 1 aromatic heterocycles. The van der Waals surface area contributed by atoms with Crippen molar-refractivity contribution < 1.29 is 0 Å². The zero-order valence-corrected chi connectivity index (χ0v) is 18.0. The number of aliphatic imine (C=N–C) groups is 1. The molecule has 0 spiro atoms. The number of guanidine groups is 1. The monoisotopic (exact) mass is 471 g/mol. The molecule has 136 valence electrons. The van der Waals surface area contributed by atoms with Crippen LogP contribution >= 0.6 is 35.3 Å². The van der Waals surface area contributed by atoms with Gasteiger partial charge in [0.15, 0.2) is 11.1 Å². The number of anilines is 1. The van der Waals surface area contributed by atoms with Crippen molar-refractivity contribution in [3.63, 3.8) is 0 Å². The van der Waals surface area contributed by atoms with Gasteiger partial charge in [-0.25, -0.2) is 4.98 Å². The molecule has 2 aromatic rings. The maximum atomic E-state index is 6.20. The molecule has 0 amide bonds. The van der Waals surface area contributed by atoms with E-state index in [1.54, 1.807) is 11.3 Å². The maximum Gasteiger partial charge on any atom is 0.191 e. The van der Waals surface area contributed by atoms with Gasteiger partial charge in [0.05, 0.1) is 0 Å². The summed E-state index contributed by atoms with van der Waals surface area (Å²) in [6.45, 7) is 8.75. The van der Waals surface area contributed by atoms with Crippen LogP contribution in [0.2, 0.25) is 0 Å². The van der Waals surface area contributed by atoms with E-state index < -0.39 is 0 Å². The zero-order valence-electron chi connectivity index (χ0n) is 14.8. The minimum atomic E-state index is 0. The van der Waals surface area contributed by atoms with Gasteiger partial charge < -0.3 is 15.5 Å². The predicted molar refractivity (Wildman–Crippen MR) is 117 cm³/mol. The summed E-state index contributed by atoms with van der Waals surface area (Å²) in [7, 11) is 0. The minimum Gasteiger partial charge on any atom is -0.370 e. The first-order chi connectivity index (χ1) is 11.6. The smallest absolute Gasteiger partial charge is 0.191 e. The lowest BCUT2D eigenvalue weighted by atomic mass is 10.0. The number of aryl methyl sites for hydroxylation is 2. The van der Waals surface area contributed by atoms with Crippen molar-refractivity contribution in [2.75, 3.05) is 37.6 Å². The van der Waals surface area contributed by atoms with E-state index in [1.165, 1.54) is 16.7 Å². The summed E-state index contributed by atoms with van der Waals surface area (Å²) in [5, 5.41) is 3.12. The first-order valence-electron chi connectivity index (χ1n) is 8.39. The number of piperazine rings is 1. The van der Waals surface area contributed by atoms with Gasteiger partial charge in [0.1, 0.15) is 0 Å². The molecule has 1 saturated heterocycles. The third-order valence-corrected chi connectivity index (χ3v) is 5.41. The van der Waals surface area contributed by atoms with Crippen LogP contribution in [-0.2, 0) is 6.42 Å². The Hall–Kier alpha value is -1.35. The molecule has 1 aromatic carbocycles. The average Bonchev–Trinajstić information content (AvgIpc) is 3.12. The van der Waals surface area contributed by atoms with E-state index in [0.717, 1.165) is 44.3 Å². The molecule has 25 heavy (non-hydrogen) atoms. The van der Waals surface area contributed by atoms with Crippen LogP contribution in [0.5, 0.6) is 0 Å². The number of halogens is 1. The van der Waals surface area contributed by atoms with Crippen LogP contribution in [0.25, 0.3) is 0 Å². The fourth-order valence-corrected chi connectivity index (χ4v) is 3.82. The summed E-state index contributed by atoms with van der Waals surface area (Å²) in [4.78, 5) is 13.5. The summed E-state index contributed by atoms with van der Waals surface area (Å²) in [5.74, 6) is 0.667. The van der Waals surface area contributed by atoms with Gasteiger partial charge in [0, 0.05) is 44.3 Å². The van der Waals surface area contributed by atoms with E-state index in [-0.39, 0.29) is 24.0 Å². The molecule has 3 rings (SSSR count). The van der Waals surface area contributed by atoms with Crippen LogP contribution in [0.4, 0.5) is 5.13 Å². The fourth-order valence-electron chi connectivity index (χ4n) is 3.12. The third kappa shape index (κ3) is 5.07. The molecule has 2 heterocycles. The number of rotatable bonds is 4. The minimum absolute atomic E-state index is 0. The Kier molecular flexibility index (Phi) is 7.49. The number of nitrogens with two attached hydrogens (primary N) is 1. The van der Waals surface area contributed by atoms with E-state index >= 15 is 0 Å². The Morgan fingerprint density at radius 1 is 1.20 bits per heavy atom. The highest BCUT2D eigenvalue weighted by Gasteiger charge is 2.19. The van der Waals surface area contributed by atoms with E-state index in [4.69, 9.17) is 5.73 Å². The van der Waals surface area contributed by atoms with E-state index in [1.807, 2.05) is 11.6 Å². The first kappa shape index (κ1) is 20.0. The van der Waals surface area contributed by atoms with Crippen molar-refractivity contribution in [1.82, 2.24) is 9.88 Å². The Bertz CT molecular complexity index is 673. The Labute approximate surface area is 171 Å². The number of hydrogen-bond donors (Lipinski definition) is 1. The van der Waals surface area contributed by atoms with Crippen LogP contribution in [0, 0.1) is 13.8 Å². The highest BCUT2D eigenvalue weighted by atomic mass is 127. The van der Waals surface area contributed by atoms with E-state index in [0.29, 0.717) is 5.96 Å². The van der Waals surface area contributed by atoms with Crippen molar-refractivity contribution in [1.29, 1.82) is 0 Å². The number of benzene rings is 1. The van der Waals surface area contributed by atoms with Crippen LogP contribution < -0.4 is 10.6 Å². The molecule has 0 bridgehead atoms. The summed E-state index contributed by atoms with van der Waals surface area (Å²) >= 11 is 1.69. The molecule has 1 aliphatic rings. The molecule has 1 fully saturated rings. The quantitative estimate of drug-likeness (QED) is 0.423. The first-order valence-corrected chi connectivity index (χ1v) is 9.27. The van der Waals surface area contributed by atoms with Crippen LogP contribution in [0.15, 0.2) is 34.8 Å². The summed E-state index contributed by atoms with van der Waals surface area (Å²) in [5.41, 5.74) is 10.3. The lowest BCUT2D eigenvalue weighted by molar-refractivity contribution is 0.380.